The van der Waals surface area contributed by atoms with Crippen molar-refractivity contribution in [3.8, 4) is 0 Å². The molecule has 1 aliphatic rings. The summed E-state index contributed by atoms with van der Waals surface area (Å²) in [6.07, 6.45) is 3.52. The summed E-state index contributed by atoms with van der Waals surface area (Å²) < 4.78 is 1.81. The molecule has 0 amide bonds. The van der Waals surface area contributed by atoms with Crippen molar-refractivity contribution in [2.45, 2.75) is 40.2 Å². The zero-order valence-electron chi connectivity index (χ0n) is 12.7. The quantitative estimate of drug-likeness (QED) is 0.881. The van der Waals surface area contributed by atoms with E-state index in [9.17, 15) is 5.11 Å². The maximum atomic E-state index is 9.74. The smallest absolute Gasteiger partial charge is 0.183 e. The molecule has 1 fully saturated rings. The number of anilines is 1. The maximum Gasteiger partial charge on any atom is 0.183 e. The van der Waals surface area contributed by atoms with Crippen LogP contribution in [-0.4, -0.2) is 36.7 Å². The average Bonchev–Trinajstić information content (AvgIpc) is 2.95. The van der Waals surface area contributed by atoms with Gasteiger partial charge in [0.2, 0.25) is 0 Å². The van der Waals surface area contributed by atoms with Gasteiger partial charge in [-0.15, -0.1) is 5.10 Å². The van der Waals surface area contributed by atoms with Crippen LogP contribution in [0.25, 0.3) is 11.2 Å². The van der Waals surface area contributed by atoms with Crippen LogP contribution in [0.1, 0.15) is 33.6 Å². The highest BCUT2D eigenvalue weighted by Gasteiger charge is 2.51. The summed E-state index contributed by atoms with van der Waals surface area (Å²) in [5.74, 6) is 0.771. The molecule has 1 saturated carbocycles. The number of nitrogens with zero attached hydrogens (tertiary/aromatic N) is 5. The first-order valence-corrected chi connectivity index (χ1v) is 7.29. The molecule has 7 heteroatoms. The van der Waals surface area contributed by atoms with E-state index >= 15 is 0 Å². The maximum absolute atomic E-state index is 9.74. The number of hydrogen-bond acceptors (Lipinski definition) is 6. The molecule has 2 aromatic heterocycles. The van der Waals surface area contributed by atoms with E-state index in [4.69, 9.17) is 5.73 Å². The Kier molecular flexibility index (Phi) is 3.12. The van der Waals surface area contributed by atoms with Crippen LogP contribution in [0, 0.1) is 16.7 Å². The Hall–Kier alpha value is -1.76. The third kappa shape index (κ3) is 1.98. The fourth-order valence-corrected chi connectivity index (χ4v) is 3.41. The molecule has 3 rings (SSSR count). The SMILES string of the molecule is CC1(CO)CCC(Cn2nnc3c(N)ncnc32)C1(C)C. The lowest BCUT2D eigenvalue weighted by molar-refractivity contribution is 0.0209. The second-order valence-corrected chi connectivity index (χ2v) is 6.88. The highest BCUT2D eigenvalue weighted by molar-refractivity contribution is 5.80. The Morgan fingerprint density at radius 1 is 1.38 bits per heavy atom. The number of nitrogens with two attached hydrogens (primary N) is 1. The van der Waals surface area contributed by atoms with Gasteiger partial charge in [-0.2, -0.15) is 0 Å². The summed E-state index contributed by atoms with van der Waals surface area (Å²) in [6, 6.07) is 0. The van der Waals surface area contributed by atoms with Gasteiger partial charge in [-0.05, 0) is 29.6 Å². The lowest BCUT2D eigenvalue weighted by Gasteiger charge is -2.40. The molecule has 2 aromatic rings. The van der Waals surface area contributed by atoms with Crippen LogP contribution in [0.4, 0.5) is 5.82 Å². The molecular formula is C14H22N6O. The number of hydrogen-bond donors (Lipinski definition) is 2. The topological polar surface area (TPSA) is 103 Å². The van der Waals surface area contributed by atoms with Crippen LogP contribution in [0.15, 0.2) is 6.33 Å². The molecule has 2 heterocycles. The first kappa shape index (κ1) is 14.2. The van der Waals surface area contributed by atoms with Crippen LogP contribution in [0.3, 0.4) is 0 Å². The van der Waals surface area contributed by atoms with Gasteiger partial charge in [-0.1, -0.05) is 26.0 Å². The number of aromatic nitrogens is 5. The number of aliphatic hydroxyl groups is 1. The summed E-state index contributed by atoms with van der Waals surface area (Å²) >= 11 is 0. The third-order valence-electron chi connectivity index (χ3n) is 5.69. The van der Waals surface area contributed by atoms with Gasteiger partial charge in [0.15, 0.2) is 17.0 Å². The van der Waals surface area contributed by atoms with Gasteiger partial charge in [0.25, 0.3) is 0 Å². The molecule has 2 unspecified atom stereocenters. The van der Waals surface area contributed by atoms with Gasteiger partial charge in [0.1, 0.15) is 6.33 Å². The summed E-state index contributed by atoms with van der Waals surface area (Å²) in [4.78, 5) is 8.18. The Labute approximate surface area is 123 Å². The van der Waals surface area contributed by atoms with E-state index in [1.165, 1.54) is 6.33 Å². The van der Waals surface area contributed by atoms with Crippen molar-refractivity contribution >= 4 is 17.0 Å². The lowest BCUT2D eigenvalue weighted by atomic mass is 9.66. The molecule has 0 aromatic carbocycles. The predicted octanol–water partition coefficient (Wildman–Crippen LogP) is 1.24. The van der Waals surface area contributed by atoms with E-state index in [1.807, 2.05) is 4.68 Å². The van der Waals surface area contributed by atoms with Crippen molar-refractivity contribution in [2.75, 3.05) is 12.3 Å². The third-order valence-corrected chi connectivity index (χ3v) is 5.69. The first-order chi connectivity index (χ1) is 9.89. The summed E-state index contributed by atoms with van der Waals surface area (Å²) in [5.41, 5.74) is 7.00. The molecular weight excluding hydrogens is 268 g/mol. The monoisotopic (exact) mass is 290 g/mol. The van der Waals surface area contributed by atoms with Crippen molar-refractivity contribution in [3.05, 3.63) is 6.33 Å². The Morgan fingerprint density at radius 3 is 2.81 bits per heavy atom. The molecule has 21 heavy (non-hydrogen) atoms. The fourth-order valence-electron chi connectivity index (χ4n) is 3.41. The molecule has 2 atom stereocenters. The van der Waals surface area contributed by atoms with Gasteiger partial charge in [-0.25, -0.2) is 14.6 Å². The molecule has 3 N–H and O–H groups in total. The van der Waals surface area contributed by atoms with Gasteiger partial charge < -0.3 is 10.8 Å². The summed E-state index contributed by atoms with van der Waals surface area (Å²) in [7, 11) is 0. The lowest BCUT2D eigenvalue weighted by Crippen LogP contribution is -2.38. The van der Waals surface area contributed by atoms with Crippen LogP contribution in [-0.2, 0) is 6.54 Å². The van der Waals surface area contributed by atoms with Crippen molar-refractivity contribution < 1.29 is 5.11 Å². The highest BCUT2D eigenvalue weighted by atomic mass is 16.3. The van der Waals surface area contributed by atoms with E-state index in [1.54, 1.807) is 0 Å². The molecule has 0 spiro atoms. The van der Waals surface area contributed by atoms with Crippen LogP contribution in [0.5, 0.6) is 0 Å². The number of nitrogen functional groups attached to an aromatic ring is 1. The second-order valence-electron chi connectivity index (χ2n) is 6.88. The molecule has 0 aliphatic heterocycles. The largest absolute Gasteiger partial charge is 0.396 e. The predicted molar refractivity (Wildman–Crippen MR) is 79.2 cm³/mol. The number of rotatable bonds is 3. The van der Waals surface area contributed by atoms with E-state index in [-0.39, 0.29) is 17.4 Å². The Morgan fingerprint density at radius 2 is 2.14 bits per heavy atom. The molecule has 0 saturated heterocycles. The van der Waals surface area contributed by atoms with E-state index < -0.39 is 0 Å². The van der Waals surface area contributed by atoms with Crippen molar-refractivity contribution in [1.29, 1.82) is 0 Å². The fraction of sp³-hybridized carbons (Fsp3) is 0.714. The van der Waals surface area contributed by atoms with E-state index in [0.717, 1.165) is 19.4 Å². The molecule has 114 valence electrons. The average molecular weight is 290 g/mol. The second kappa shape index (κ2) is 4.62. The highest BCUT2D eigenvalue weighted by Crippen LogP contribution is 2.56. The summed E-state index contributed by atoms with van der Waals surface area (Å²) in [5, 5.41) is 18.0. The van der Waals surface area contributed by atoms with Crippen LogP contribution in [0.2, 0.25) is 0 Å². The summed E-state index contributed by atoms with van der Waals surface area (Å²) in [6.45, 7) is 7.55. The number of aliphatic hydroxyl groups excluding tert-OH is 1. The van der Waals surface area contributed by atoms with E-state index in [0.29, 0.717) is 22.9 Å². The Balaban J connectivity index is 1.92. The van der Waals surface area contributed by atoms with Gasteiger partial charge in [0.05, 0.1) is 0 Å². The van der Waals surface area contributed by atoms with Gasteiger partial charge in [-0.3, -0.25) is 0 Å². The minimum Gasteiger partial charge on any atom is -0.396 e. The van der Waals surface area contributed by atoms with Gasteiger partial charge >= 0.3 is 0 Å². The molecule has 0 radical (unpaired) electrons. The van der Waals surface area contributed by atoms with E-state index in [2.05, 4.69) is 41.1 Å². The zero-order valence-corrected chi connectivity index (χ0v) is 12.7. The minimum atomic E-state index is -0.0535. The Bertz CT molecular complexity index is 667. The standard InChI is InChI=1S/C14H22N6O/c1-13(2)9(4-5-14(13,3)7-21)6-20-12-10(18-19-20)11(15)16-8-17-12/h8-9,21H,4-7H2,1-3H3,(H2,15,16,17). The molecule has 1 aliphatic carbocycles. The zero-order chi connectivity index (χ0) is 15.3. The van der Waals surface area contributed by atoms with Crippen molar-refractivity contribution in [3.63, 3.8) is 0 Å². The minimum absolute atomic E-state index is 0.0264. The normalized spacial score (nSPS) is 28.3. The van der Waals surface area contributed by atoms with Crippen LogP contribution < -0.4 is 5.73 Å². The molecule has 0 bridgehead atoms. The van der Waals surface area contributed by atoms with Crippen molar-refractivity contribution in [1.82, 2.24) is 25.0 Å². The van der Waals surface area contributed by atoms with Gasteiger partial charge in [0, 0.05) is 13.2 Å². The molecule has 7 nitrogen and oxygen atoms in total. The van der Waals surface area contributed by atoms with Crippen molar-refractivity contribution in [2.24, 2.45) is 16.7 Å². The number of fused-ring (bicyclic) bond motifs is 1. The van der Waals surface area contributed by atoms with Crippen LogP contribution >= 0.6 is 0 Å². The first-order valence-electron chi connectivity index (χ1n) is 7.29.